The molecule has 3 nitrogen and oxygen atoms in total. The van der Waals surface area contributed by atoms with Crippen molar-refractivity contribution < 1.29 is 9.18 Å². The van der Waals surface area contributed by atoms with Gasteiger partial charge in [-0.15, -0.1) is 0 Å². The number of aromatic nitrogens is 1. The Hall–Kier alpha value is -2.23. The molecule has 0 spiro atoms. The molecule has 1 amide bonds. The zero-order valence-electron chi connectivity index (χ0n) is 10.2. The van der Waals surface area contributed by atoms with Crippen molar-refractivity contribution in [2.24, 2.45) is 0 Å². The summed E-state index contributed by atoms with van der Waals surface area (Å²) in [4.78, 5) is 15.4. The summed E-state index contributed by atoms with van der Waals surface area (Å²) in [5.74, 6) is -0.894. The monoisotopic (exact) mass is 244 g/mol. The van der Waals surface area contributed by atoms with Crippen LogP contribution in [-0.4, -0.2) is 10.9 Å². The molecule has 0 atom stereocenters. The Bertz CT molecular complexity index is 579. The molecule has 1 aromatic heterocycles. The molecule has 2 aromatic rings. The lowest BCUT2D eigenvalue weighted by molar-refractivity contribution is 0.102. The Labute approximate surface area is 105 Å². The Morgan fingerprint density at radius 1 is 1.22 bits per heavy atom. The minimum Gasteiger partial charge on any atom is -0.322 e. The van der Waals surface area contributed by atoms with Gasteiger partial charge in [-0.25, -0.2) is 4.98 Å². The topological polar surface area (TPSA) is 42.0 Å². The van der Waals surface area contributed by atoms with Crippen LogP contribution in [0.15, 0.2) is 36.5 Å². The molecule has 92 valence electrons. The van der Waals surface area contributed by atoms with Crippen LogP contribution in [0, 0.1) is 19.8 Å². The Kier molecular flexibility index (Phi) is 3.37. The van der Waals surface area contributed by atoms with Crippen LogP contribution in [0.4, 0.5) is 10.1 Å². The fraction of sp³-hybridized carbons (Fsp3) is 0.143. The summed E-state index contributed by atoms with van der Waals surface area (Å²) in [7, 11) is 0. The molecule has 0 aliphatic heterocycles. The second-order valence-corrected chi connectivity index (χ2v) is 4.07. The van der Waals surface area contributed by atoms with Gasteiger partial charge in [0.2, 0.25) is 5.95 Å². The van der Waals surface area contributed by atoms with Crippen molar-refractivity contribution in [1.29, 1.82) is 0 Å². The third kappa shape index (κ3) is 2.53. The predicted octanol–water partition coefficient (Wildman–Crippen LogP) is 3.09. The van der Waals surface area contributed by atoms with Crippen molar-refractivity contribution in [2.75, 3.05) is 5.32 Å². The average molecular weight is 244 g/mol. The molecule has 0 aliphatic carbocycles. The first-order valence-corrected chi connectivity index (χ1v) is 5.57. The second-order valence-electron chi connectivity index (χ2n) is 4.07. The molecule has 0 saturated heterocycles. The summed E-state index contributed by atoms with van der Waals surface area (Å²) in [5.41, 5.74) is 3.20. The molecule has 2 rings (SSSR count). The number of anilines is 1. The predicted molar refractivity (Wildman–Crippen MR) is 68.1 cm³/mol. The third-order valence-corrected chi connectivity index (χ3v) is 2.84. The van der Waals surface area contributed by atoms with E-state index in [1.165, 1.54) is 12.3 Å². The lowest BCUT2D eigenvalue weighted by atomic mass is 10.1. The number of amides is 1. The zero-order chi connectivity index (χ0) is 13.1. The normalized spacial score (nSPS) is 10.2. The smallest absolute Gasteiger partial charge is 0.257 e. The number of rotatable bonds is 2. The van der Waals surface area contributed by atoms with Crippen LogP contribution in [0.5, 0.6) is 0 Å². The maximum absolute atomic E-state index is 12.7. The molecular formula is C14H13FN2O. The minimum absolute atomic E-state index is 0.295. The van der Waals surface area contributed by atoms with E-state index in [1.54, 1.807) is 0 Å². The van der Waals surface area contributed by atoms with Gasteiger partial charge in [-0.2, -0.15) is 4.39 Å². The fourth-order valence-corrected chi connectivity index (χ4v) is 1.59. The number of nitrogens with zero attached hydrogens (tertiary/aromatic N) is 1. The van der Waals surface area contributed by atoms with Crippen molar-refractivity contribution in [2.45, 2.75) is 13.8 Å². The number of hydrogen-bond acceptors (Lipinski definition) is 2. The van der Waals surface area contributed by atoms with Crippen molar-refractivity contribution in [3.63, 3.8) is 0 Å². The third-order valence-electron chi connectivity index (χ3n) is 2.84. The second kappa shape index (κ2) is 4.96. The van der Waals surface area contributed by atoms with Gasteiger partial charge in [-0.05, 0) is 43.2 Å². The maximum Gasteiger partial charge on any atom is 0.257 e. The van der Waals surface area contributed by atoms with Gasteiger partial charge in [0.1, 0.15) is 0 Å². The number of hydrogen-bond donors (Lipinski definition) is 1. The van der Waals surface area contributed by atoms with Gasteiger partial charge >= 0.3 is 0 Å². The van der Waals surface area contributed by atoms with Crippen molar-refractivity contribution in [3.05, 3.63) is 59.2 Å². The van der Waals surface area contributed by atoms with Gasteiger partial charge in [0, 0.05) is 11.9 Å². The highest BCUT2D eigenvalue weighted by atomic mass is 19.1. The highest BCUT2D eigenvalue weighted by Crippen LogP contribution is 2.18. The summed E-state index contributed by atoms with van der Waals surface area (Å²) in [6.45, 7) is 3.91. The van der Waals surface area contributed by atoms with Crippen molar-refractivity contribution >= 4 is 11.6 Å². The van der Waals surface area contributed by atoms with Crippen LogP contribution in [0.3, 0.4) is 0 Å². The Balaban J connectivity index is 2.21. The first-order chi connectivity index (χ1) is 8.58. The van der Waals surface area contributed by atoms with Crippen LogP contribution in [-0.2, 0) is 0 Å². The first-order valence-electron chi connectivity index (χ1n) is 5.57. The largest absolute Gasteiger partial charge is 0.322 e. The van der Waals surface area contributed by atoms with Crippen LogP contribution in [0.1, 0.15) is 21.5 Å². The van der Waals surface area contributed by atoms with E-state index in [9.17, 15) is 9.18 Å². The molecule has 18 heavy (non-hydrogen) atoms. The van der Waals surface area contributed by atoms with E-state index in [1.807, 2.05) is 32.0 Å². The van der Waals surface area contributed by atoms with E-state index in [-0.39, 0.29) is 5.91 Å². The van der Waals surface area contributed by atoms with E-state index in [0.29, 0.717) is 5.56 Å². The molecule has 4 heteroatoms. The van der Waals surface area contributed by atoms with Gasteiger partial charge < -0.3 is 5.32 Å². The molecule has 0 aliphatic rings. The zero-order valence-corrected chi connectivity index (χ0v) is 10.2. The maximum atomic E-state index is 12.7. The van der Waals surface area contributed by atoms with Gasteiger partial charge in [0.25, 0.3) is 5.91 Å². The number of carbonyl (C=O) groups excluding carboxylic acids is 1. The molecular weight excluding hydrogens is 231 g/mol. The number of nitrogens with one attached hydrogen (secondary N) is 1. The highest BCUT2D eigenvalue weighted by molar-refractivity contribution is 6.04. The van der Waals surface area contributed by atoms with E-state index in [0.717, 1.165) is 22.9 Å². The van der Waals surface area contributed by atoms with E-state index < -0.39 is 5.95 Å². The summed E-state index contributed by atoms with van der Waals surface area (Å²) >= 11 is 0. The van der Waals surface area contributed by atoms with E-state index in [4.69, 9.17) is 0 Å². The minimum atomic E-state index is -0.599. The average Bonchev–Trinajstić information content (AvgIpc) is 2.36. The van der Waals surface area contributed by atoms with Crippen molar-refractivity contribution in [1.82, 2.24) is 4.98 Å². The molecule has 0 bridgehead atoms. The summed E-state index contributed by atoms with van der Waals surface area (Å²) in [6, 6.07) is 8.25. The molecule has 1 heterocycles. The number of aryl methyl sites for hydroxylation is 1. The SMILES string of the molecule is Cc1cccc(NC(=O)c2ccc(F)nc2)c1C. The number of halogens is 1. The van der Waals surface area contributed by atoms with Crippen LogP contribution in [0.2, 0.25) is 0 Å². The number of benzene rings is 1. The molecule has 0 saturated carbocycles. The van der Waals surface area contributed by atoms with Crippen LogP contribution < -0.4 is 5.32 Å². The highest BCUT2D eigenvalue weighted by Gasteiger charge is 2.08. The standard InChI is InChI=1S/C14H13FN2O/c1-9-4-3-5-12(10(9)2)17-14(18)11-6-7-13(15)16-8-11/h3-8H,1-2H3,(H,17,18). The fourth-order valence-electron chi connectivity index (χ4n) is 1.59. The van der Waals surface area contributed by atoms with E-state index in [2.05, 4.69) is 10.3 Å². The quantitative estimate of drug-likeness (QED) is 0.825. The first kappa shape index (κ1) is 12.2. The lowest BCUT2D eigenvalue weighted by Gasteiger charge is -2.10. The summed E-state index contributed by atoms with van der Waals surface area (Å²) in [5, 5.41) is 2.79. The Morgan fingerprint density at radius 3 is 2.67 bits per heavy atom. The van der Waals surface area contributed by atoms with Gasteiger partial charge in [0.05, 0.1) is 5.56 Å². The van der Waals surface area contributed by atoms with Gasteiger partial charge in [-0.3, -0.25) is 4.79 Å². The van der Waals surface area contributed by atoms with Crippen molar-refractivity contribution in [3.8, 4) is 0 Å². The van der Waals surface area contributed by atoms with Gasteiger partial charge in [-0.1, -0.05) is 12.1 Å². The molecule has 1 N–H and O–H groups in total. The molecule has 0 fully saturated rings. The number of carbonyl (C=O) groups is 1. The number of pyridine rings is 1. The lowest BCUT2D eigenvalue weighted by Crippen LogP contribution is -2.13. The molecule has 1 aromatic carbocycles. The summed E-state index contributed by atoms with van der Waals surface area (Å²) < 4.78 is 12.7. The Morgan fingerprint density at radius 2 is 2.00 bits per heavy atom. The van der Waals surface area contributed by atoms with Crippen LogP contribution in [0.25, 0.3) is 0 Å². The molecule has 0 unspecified atom stereocenters. The molecule has 0 radical (unpaired) electrons. The van der Waals surface area contributed by atoms with E-state index >= 15 is 0 Å². The van der Waals surface area contributed by atoms with Gasteiger partial charge in [0.15, 0.2) is 0 Å². The summed E-state index contributed by atoms with van der Waals surface area (Å²) in [6.07, 6.45) is 1.22. The van der Waals surface area contributed by atoms with Crippen LogP contribution >= 0.6 is 0 Å².